The molecule has 1 aliphatic rings. The molecule has 1 saturated carbocycles. The quantitative estimate of drug-likeness (QED) is 0.680. The summed E-state index contributed by atoms with van der Waals surface area (Å²) in [6, 6.07) is 0. The van der Waals surface area contributed by atoms with E-state index in [0.29, 0.717) is 6.42 Å². The van der Waals surface area contributed by atoms with Crippen LogP contribution >= 0.6 is 0 Å². The van der Waals surface area contributed by atoms with Crippen LogP contribution in [0.15, 0.2) is 0 Å². The smallest absolute Gasteiger partial charge is 0.306 e. The molecule has 3 heteroatoms. The fourth-order valence-corrected chi connectivity index (χ4v) is 1.75. The molecule has 1 fully saturated rings. The second-order valence-electron chi connectivity index (χ2n) is 3.79. The van der Waals surface area contributed by atoms with Gasteiger partial charge in [-0.05, 0) is 12.3 Å². The Labute approximate surface area is 71.8 Å². The van der Waals surface area contributed by atoms with Gasteiger partial charge in [0.1, 0.15) is 5.78 Å². The third-order valence-corrected chi connectivity index (χ3v) is 2.55. The van der Waals surface area contributed by atoms with Gasteiger partial charge in [0, 0.05) is 12.3 Å². The molecule has 0 amide bonds. The maximum absolute atomic E-state index is 11.3. The third-order valence-electron chi connectivity index (χ3n) is 2.55. The average molecular weight is 170 g/mol. The van der Waals surface area contributed by atoms with Gasteiger partial charge in [0.25, 0.3) is 0 Å². The van der Waals surface area contributed by atoms with Gasteiger partial charge in [0.15, 0.2) is 0 Å². The first-order valence-electron chi connectivity index (χ1n) is 4.28. The summed E-state index contributed by atoms with van der Waals surface area (Å²) in [6.45, 7) is 3.93. The Bertz CT molecular complexity index is 208. The summed E-state index contributed by atoms with van der Waals surface area (Å²) in [5, 5.41) is 8.68. The van der Waals surface area contributed by atoms with Crippen LogP contribution in [0.4, 0.5) is 0 Å². The monoisotopic (exact) mass is 170 g/mol. The molecule has 0 bridgehead atoms. The zero-order valence-electron chi connectivity index (χ0n) is 7.41. The van der Waals surface area contributed by atoms with E-state index in [1.165, 1.54) is 0 Å². The molecule has 1 aliphatic carbocycles. The van der Waals surface area contributed by atoms with Gasteiger partial charge in [0.05, 0.1) is 5.92 Å². The highest BCUT2D eigenvalue weighted by Gasteiger charge is 2.37. The van der Waals surface area contributed by atoms with Crippen LogP contribution in [0, 0.1) is 17.8 Å². The number of carbonyl (C=O) groups is 2. The summed E-state index contributed by atoms with van der Waals surface area (Å²) < 4.78 is 0. The van der Waals surface area contributed by atoms with E-state index in [9.17, 15) is 9.59 Å². The van der Waals surface area contributed by atoms with Gasteiger partial charge in [-0.1, -0.05) is 13.8 Å². The van der Waals surface area contributed by atoms with E-state index in [2.05, 4.69) is 0 Å². The van der Waals surface area contributed by atoms with Crippen molar-refractivity contribution < 1.29 is 14.7 Å². The molecule has 0 aromatic rings. The minimum atomic E-state index is -0.827. The van der Waals surface area contributed by atoms with Gasteiger partial charge in [-0.15, -0.1) is 0 Å². The maximum atomic E-state index is 11.3. The van der Waals surface area contributed by atoms with Crippen LogP contribution in [0.5, 0.6) is 0 Å². The number of hydrogen-bond donors (Lipinski definition) is 1. The molecule has 1 rings (SSSR count). The number of Topliss-reactive ketones (excluding diaryl/α,β-unsaturated/α-hetero) is 1. The number of aliphatic carboxylic acids is 1. The maximum Gasteiger partial charge on any atom is 0.306 e. The van der Waals surface area contributed by atoms with Crippen LogP contribution < -0.4 is 0 Å². The summed E-state index contributed by atoms with van der Waals surface area (Å²) in [7, 11) is 0. The lowest BCUT2D eigenvalue weighted by Gasteiger charge is -2.11. The fourth-order valence-electron chi connectivity index (χ4n) is 1.75. The van der Waals surface area contributed by atoms with Gasteiger partial charge >= 0.3 is 5.97 Å². The Morgan fingerprint density at radius 3 is 2.42 bits per heavy atom. The molecule has 68 valence electrons. The number of ketones is 1. The van der Waals surface area contributed by atoms with E-state index in [1.54, 1.807) is 0 Å². The van der Waals surface area contributed by atoms with Crippen molar-refractivity contribution in [2.45, 2.75) is 26.7 Å². The van der Waals surface area contributed by atoms with E-state index < -0.39 is 11.9 Å². The van der Waals surface area contributed by atoms with E-state index in [1.807, 2.05) is 13.8 Å². The minimum absolute atomic E-state index is 0.0221. The molecule has 0 spiro atoms. The van der Waals surface area contributed by atoms with Crippen molar-refractivity contribution in [1.29, 1.82) is 0 Å². The molecule has 3 nitrogen and oxygen atoms in total. The Kier molecular flexibility index (Phi) is 2.50. The van der Waals surface area contributed by atoms with Gasteiger partial charge < -0.3 is 5.11 Å². The summed E-state index contributed by atoms with van der Waals surface area (Å²) in [5.41, 5.74) is 0. The molecular weight excluding hydrogens is 156 g/mol. The third kappa shape index (κ3) is 1.65. The van der Waals surface area contributed by atoms with E-state index in [0.717, 1.165) is 0 Å². The average Bonchev–Trinajstić information content (AvgIpc) is 2.30. The SMILES string of the molecule is CC(C)C1CC(C(=O)O)CC1=O. The molecule has 2 atom stereocenters. The molecule has 2 unspecified atom stereocenters. The first kappa shape index (κ1) is 9.23. The minimum Gasteiger partial charge on any atom is -0.481 e. The molecule has 0 aliphatic heterocycles. The molecule has 12 heavy (non-hydrogen) atoms. The molecular formula is C9H14O3. The summed E-state index contributed by atoms with van der Waals surface area (Å²) >= 11 is 0. The molecule has 0 saturated heterocycles. The predicted octanol–water partition coefficient (Wildman–Crippen LogP) is 1.32. The highest BCUT2D eigenvalue weighted by molar-refractivity contribution is 5.89. The van der Waals surface area contributed by atoms with Gasteiger partial charge in [-0.3, -0.25) is 9.59 Å². The number of rotatable bonds is 2. The number of carbonyl (C=O) groups excluding carboxylic acids is 1. The second-order valence-corrected chi connectivity index (χ2v) is 3.79. The number of carboxylic acids is 1. The van der Waals surface area contributed by atoms with Crippen LogP contribution in [-0.4, -0.2) is 16.9 Å². The Hall–Kier alpha value is -0.860. The van der Waals surface area contributed by atoms with E-state index >= 15 is 0 Å². The molecule has 0 aromatic carbocycles. The van der Waals surface area contributed by atoms with Crippen molar-refractivity contribution in [3.05, 3.63) is 0 Å². The van der Waals surface area contributed by atoms with Crippen molar-refractivity contribution in [3.63, 3.8) is 0 Å². The molecule has 1 N–H and O–H groups in total. The first-order valence-corrected chi connectivity index (χ1v) is 4.28. The summed E-state index contributed by atoms with van der Waals surface area (Å²) in [6.07, 6.45) is 0.768. The molecule has 0 aromatic heterocycles. The Balaban J connectivity index is 2.62. The Morgan fingerprint density at radius 1 is 1.58 bits per heavy atom. The first-order chi connectivity index (χ1) is 5.52. The van der Waals surface area contributed by atoms with Crippen molar-refractivity contribution in [3.8, 4) is 0 Å². The van der Waals surface area contributed by atoms with Gasteiger partial charge in [-0.2, -0.15) is 0 Å². The number of hydrogen-bond acceptors (Lipinski definition) is 2. The van der Waals surface area contributed by atoms with Crippen LogP contribution in [0.1, 0.15) is 26.7 Å². The summed E-state index contributed by atoms with van der Waals surface area (Å²) in [5.74, 6) is -0.873. The highest BCUT2D eigenvalue weighted by Crippen LogP contribution is 2.32. The van der Waals surface area contributed by atoms with E-state index in [-0.39, 0.29) is 24.0 Å². The highest BCUT2D eigenvalue weighted by atomic mass is 16.4. The lowest BCUT2D eigenvalue weighted by molar-refractivity contribution is -0.142. The fraction of sp³-hybridized carbons (Fsp3) is 0.778. The van der Waals surface area contributed by atoms with E-state index in [4.69, 9.17) is 5.11 Å². The standard InChI is InChI=1S/C9H14O3/c1-5(2)7-3-6(9(11)12)4-8(7)10/h5-7H,3-4H2,1-2H3,(H,11,12). The van der Waals surface area contributed by atoms with Crippen LogP contribution in [0.2, 0.25) is 0 Å². The second kappa shape index (κ2) is 3.25. The van der Waals surface area contributed by atoms with Crippen LogP contribution in [-0.2, 0) is 9.59 Å². The summed E-state index contributed by atoms with van der Waals surface area (Å²) in [4.78, 5) is 21.8. The van der Waals surface area contributed by atoms with Crippen molar-refractivity contribution >= 4 is 11.8 Å². The van der Waals surface area contributed by atoms with Crippen molar-refractivity contribution in [2.75, 3.05) is 0 Å². The predicted molar refractivity (Wildman–Crippen MR) is 43.7 cm³/mol. The lowest BCUT2D eigenvalue weighted by atomic mass is 9.93. The van der Waals surface area contributed by atoms with Crippen molar-refractivity contribution in [2.24, 2.45) is 17.8 Å². The van der Waals surface area contributed by atoms with Crippen molar-refractivity contribution in [1.82, 2.24) is 0 Å². The lowest BCUT2D eigenvalue weighted by Crippen LogP contribution is -2.13. The molecule has 0 heterocycles. The zero-order valence-corrected chi connectivity index (χ0v) is 7.41. The van der Waals surface area contributed by atoms with Crippen LogP contribution in [0.25, 0.3) is 0 Å². The topological polar surface area (TPSA) is 54.4 Å². The number of carboxylic acid groups (broad SMARTS) is 1. The normalized spacial score (nSPS) is 29.8. The van der Waals surface area contributed by atoms with Gasteiger partial charge in [0.2, 0.25) is 0 Å². The zero-order chi connectivity index (χ0) is 9.30. The van der Waals surface area contributed by atoms with Crippen LogP contribution in [0.3, 0.4) is 0 Å². The molecule has 0 radical (unpaired) electrons. The Morgan fingerprint density at radius 2 is 2.17 bits per heavy atom. The largest absolute Gasteiger partial charge is 0.481 e. The van der Waals surface area contributed by atoms with Gasteiger partial charge in [-0.25, -0.2) is 0 Å².